The number of hydrogen-bond donors (Lipinski definition) is 1. The van der Waals surface area contributed by atoms with E-state index in [9.17, 15) is 5.11 Å². The number of hydrogen-bond acceptors (Lipinski definition) is 5. The van der Waals surface area contributed by atoms with Gasteiger partial charge in [-0.05, 0) is 43.9 Å². The first-order valence-corrected chi connectivity index (χ1v) is 12.1. The number of pyridine rings is 1. The van der Waals surface area contributed by atoms with E-state index in [-0.39, 0.29) is 11.8 Å². The van der Waals surface area contributed by atoms with Gasteiger partial charge in [-0.15, -0.1) is 0 Å². The van der Waals surface area contributed by atoms with Crippen LogP contribution in [0.3, 0.4) is 0 Å². The number of piperidine rings is 1. The van der Waals surface area contributed by atoms with E-state index in [1.807, 2.05) is 46.2 Å². The minimum Gasteiger partial charge on any atom is -0.384 e. The van der Waals surface area contributed by atoms with Crippen molar-refractivity contribution >= 4 is 28.2 Å². The maximum Gasteiger partial charge on any atom is 0.103 e. The summed E-state index contributed by atoms with van der Waals surface area (Å²) < 4.78 is 3.99. The Morgan fingerprint density at radius 1 is 1.00 bits per heavy atom. The molecule has 1 aliphatic heterocycles. The number of nitrogens with zero attached hydrogens (tertiary/aromatic N) is 6. The monoisotopic (exact) mass is 460 g/mol. The second kappa shape index (κ2) is 7.05. The van der Waals surface area contributed by atoms with E-state index < -0.39 is 5.60 Å². The van der Waals surface area contributed by atoms with Crippen LogP contribution in [0.2, 0.25) is 5.02 Å². The smallest absolute Gasteiger partial charge is 0.103 e. The van der Waals surface area contributed by atoms with Crippen LogP contribution in [0.4, 0.5) is 5.69 Å². The highest BCUT2D eigenvalue weighted by Gasteiger charge is 2.54. The molecule has 3 fully saturated rings. The van der Waals surface area contributed by atoms with Crippen molar-refractivity contribution in [2.24, 2.45) is 11.8 Å². The summed E-state index contributed by atoms with van der Waals surface area (Å²) in [7, 11) is 0. The summed E-state index contributed by atoms with van der Waals surface area (Å²) in [5, 5.41) is 22.6. The molecule has 33 heavy (non-hydrogen) atoms. The molecule has 8 heteroatoms. The van der Waals surface area contributed by atoms with Crippen molar-refractivity contribution in [1.29, 1.82) is 0 Å². The SMILES string of the molecule is OC1(c2cccnc2)[C@@H]2CC[C@H]1CN(c1cc3c(cnn3-c3cnn(C4CC4)c3)cc1Cl)C2. The zero-order valence-corrected chi connectivity index (χ0v) is 18.9. The predicted octanol–water partition coefficient (Wildman–Crippen LogP) is 4.34. The number of anilines is 1. The molecule has 2 bridgehead atoms. The molecule has 3 aliphatic rings. The molecule has 1 N–H and O–H groups in total. The van der Waals surface area contributed by atoms with Gasteiger partial charge in [0.2, 0.25) is 0 Å². The summed E-state index contributed by atoms with van der Waals surface area (Å²) >= 11 is 6.78. The Hall–Kier alpha value is -2.90. The Bertz CT molecular complexity index is 1330. The minimum absolute atomic E-state index is 0.147. The van der Waals surface area contributed by atoms with Crippen LogP contribution in [0.25, 0.3) is 16.6 Å². The van der Waals surface area contributed by atoms with Crippen molar-refractivity contribution in [2.45, 2.75) is 37.3 Å². The van der Waals surface area contributed by atoms with Gasteiger partial charge in [0.05, 0.1) is 40.9 Å². The van der Waals surface area contributed by atoms with E-state index in [2.05, 4.69) is 32.3 Å². The van der Waals surface area contributed by atoms with Gasteiger partial charge in [-0.1, -0.05) is 17.7 Å². The zero-order valence-electron chi connectivity index (χ0n) is 18.2. The van der Waals surface area contributed by atoms with Gasteiger partial charge in [0.15, 0.2) is 0 Å². The van der Waals surface area contributed by atoms with Crippen LogP contribution in [0.15, 0.2) is 55.2 Å². The van der Waals surface area contributed by atoms with E-state index in [1.165, 1.54) is 12.8 Å². The van der Waals surface area contributed by atoms with Crippen LogP contribution in [0.5, 0.6) is 0 Å². The van der Waals surface area contributed by atoms with Gasteiger partial charge in [-0.25, -0.2) is 4.68 Å². The number of aliphatic hydroxyl groups is 1. The van der Waals surface area contributed by atoms with Crippen molar-refractivity contribution in [3.05, 3.63) is 65.8 Å². The molecule has 0 radical (unpaired) electrons. The standard InChI is InChI=1S/C25H25ClN6O/c26-22-8-16-10-29-32(21-12-28-31(15-21)20-5-6-20)23(16)9-24(22)30-13-18-3-4-19(14-30)25(18,33)17-2-1-7-27-11-17/h1-2,7-12,15,18-20,33H,3-6,13-14H2/t18-,19+,25?. The number of rotatable bonds is 4. The lowest BCUT2D eigenvalue weighted by molar-refractivity contribution is -0.0511. The normalized spacial score (nSPS) is 26.9. The number of aromatic nitrogens is 5. The van der Waals surface area contributed by atoms with Gasteiger partial charge in [-0.3, -0.25) is 9.67 Å². The average Bonchev–Trinajstić information content (AvgIpc) is 3.40. The molecule has 3 atom stereocenters. The molecule has 1 unspecified atom stereocenters. The Morgan fingerprint density at radius 2 is 1.82 bits per heavy atom. The van der Waals surface area contributed by atoms with Gasteiger partial charge < -0.3 is 10.0 Å². The lowest BCUT2D eigenvalue weighted by atomic mass is 9.75. The molecule has 168 valence electrons. The fraction of sp³-hybridized carbons (Fsp3) is 0.400. The third kappa shape index (κ3) is 2.95. The third-order valence-electron chi connectivity index (χ3n) is 7.84. The first kappa shape index (κ1) is 19.6. The summed E-state index contributed by atoms with van der Waals surface area (Å²) in [4.78, 5) is 6.61. The minimum atomic E-state index is -0.819. The first-order valence-electron chi connectivity index (χ1n) is 11.7. The van der Waals surface area contributed by atoms with Gasteiger partial charge in [0.25, 0.3) is 0 Å². The molecular formula is C25H25ClN6O. The van der Waals surface area contributed by atoms with Crippen LogP contribution < -0.4 is 4.90 Å². The molecule has 0 spiro atoms. The fourth-order valence-corrected chi connectivity index (χ4v) is 6.26. The molecule has 3 aromatic heterocycles. The van der Waals surface area contributed by atoms with Crippen molar-refractivity contribution < 1.29 is 5.11 Å². The lowest BCUT2D eigenvalue weighted by Crippen LogP contribution is -2.52. The Kier molecular flexibility index (Phi) is 4.18. The third-order valence-corrected chi connectivity index (χ3v) is 8.15. The summed E-state index contributed by atoms with van der Waals surface area (Å²) in [5.41, 5.74) is 3.11. The number of fused-ring (bicyclic) bond motifs is 3. The van der Waals surface area contributed by atoms with E-state index in [1.54, 1.807) is 6.20 Å². The highest BCUT2D eigenvalue weighted by Crippen LogP contribution is 2.52. The van der Waals surface area contributed by atoms with E-state index >= 15 is 0 Å². The quantitative estimate of drug-likeness (QED) is 0.490. The molecule has 4 heterocycles. The lowest BCUT2D eigenvalue weighted by Gasteiger charge is -2.45. The molecule has 7 nitrogen and oxygen atoms in total. The average molecular weight is 461 g/mol. The van der Waals surface area contributed by atoms with Crippen LogP contribution in [-0.4, -0.2) is 42.7 Å². The maximum absolute atomic E-state index is 11.7. The van der Waals surface area contributed by atoms with Crippen LogP contribution >= 0.6 is 11.6 Å². The predicted molar refractivity (Wildman–Crippen MR) is 127 cm³/mol. The molecule has 2 aliphatic carbocycles. The molecule has 1 aromatic carbocycles. The van der Waals surface area contributed by atoms with Gasteiger partial charge in [0.1, 0.15) is 11.3 Å². The van der Waals surface area contributed by atoms with Crippen LogP contribution in [0.1, 0.15) is 37.3 Å². The largest absolute Gasteiger partial charge is 0.384 e. The first-order chi connectivity index (χ1) is 16.1. The summed E-state index contributed by atoms with van der Waals surface area (Å²) in [6, 6.07) is 8.61. The van der Waals surface area contributed by atoms with Crippen molar-refractivity contribution in [3.63, 3.8) is 0 Å². The topological polar surface area (TPSA) is 72.0 Å². The van der Waals surface area contributed by atoms with Crippen molar-refractivity contribution in [2.75, 3.05) is 18.0 Å². The summed E-state index contributed by atoms with van der Waals surface area (Å²) in [6.07, 6.45) is 13.8. The molecular weight excluding hydrogens is 436 g/mol. The van der Waals surface area contributed by atoms with Gasteiger partial charge >= 0.3 is 0 Å². The maximum atomic E-state index is 11.7. The fourth-order valence-electron chi connectivity index (χ4n) is 5.97. The van der Waals surface area contributed by atoms with E-state index in [0.29, 0.717) is 6.04 Å². The second-order valence-electron chi connectivity index (χ2n) is 9.77. The summed E-state index contributed by atoms with van der Waals surface area (Å²) in [5.74, 6) is 0.294. The highest BCUT2D eigenvalue weighted by molar-refractivity contribution is 6.34. The Labute approximate surface area is 196 Å². The van der Waals surface area contributed by atoms with E-state index in [0.717, 1.165) is 58.8 Å². The summed E-state index contributed by atoms with van der Waals surface area (Å²) in [6.45, 7) is 1.53. The van der Waals surface area contributed by atoms with Crippen molar-refractivity contribution in [3.8, 4) is 5.69 Å². The van der Waals surface area contributed by atoms with Crippen molar-refractivity contribution in [1.82, 2.24) is 24.5 Å². The van der Waals surface area contributed by atoms with Gasteiger partial charge in [0, 0.05) is 48.3 Å². The number of halogens is 1. The zero-order chi connectivity index (χ0) is 22.2. The molecule has 1 saturated heterocycles. The van der Waals surface area contributed by atoms with Gasteiger partial charge in [-0.2, -0.15) is 10.2 Å². The van der Waals surface area contributed by atoms with Crippen LogP contribution in [0, 0.1) is 11.8 Å². The van der Waals surface area contributed by atoms with Crippen LogP contribution in [-0.2, 0) is 5.60 Å². The molecule has 2 saturated carbocycles. The Balaban J connectivity index is 1.24. The number of benzene rings is 1. The Morgan fingerprint density at radius 3 is 2.55 bits per heavy atom. The molecule has 7 rings (SSSR count). The molecule has 0 amide bonds. The second-order valence-corrected chi connectivity index (χ2v) is 10.2. The molecule has 4 aromatic rings. The highest BCUT2D eigenvalue weighted by atomic mass is 35.5. The van der Waals surface area contributed by atoms with E-state index in [4.69, 9.17) is 11.6 Å².